The molecule has 6 heteroatoms. The first-order chi connectivity index (χ1) is 8.58. The van der Waals surface area contributed by atoms with Crippen molar-refractivity contribution in [2.75, 3.05) is 33.3 Å². The number of amides is 2. The molecule has 0 bridgehead atoms. The Morgan fingerprint density at radius 2 is 1.44 bits per heavy atom. The molecule has 1 aliphatic rings. The van der Waals surface area contributed by atoms with Crippen LogP contribution < -0.4 is 0 Å². The molecule has 1 saturated heterocycles. The van der Waals surface area contributed by atoms with E-state index in [-0.39, 0.29) is 30.6 Å². The van der Waals surface area contributed by atoms with Gasteiger partial charge in [-0.3, -0.25) is 14.4 Å². The summed E-state index contributed by atoms with van der Waals surface area (Å²) >= 11 is 0. The molecule has 1 fully saturated rings. The SMILES string of the molecule is CCC(=O)N1CCN(C(=O)CCC(=O)OC)CC1. The smallest absolute Gasteiger partial charge is 0.306 e. The lowest BCUT2D eigenvalue weighted by molar-refractivity contribution is -0.144. The van der Waals surface area contributed by atoms with Crippen LogP contribution in [0.5, 0.6) is 0 Å². The lowest BCUT2D eigenvalue weighted by atomic mass is 10.2. The molecule has 0 N–H and O–H groups in total. The zero-order valence-corrected chi connectivity index (χ0v) is 11.0. The van der Waals surface area contributed by atoms with Crippen molar-refractivity contribution in [2.45, 2.75) is 26.2 Å². The molecule has 0 atom stereocenters. The van der Waals surface area contributed by atoms with Crippen molar-refractivity contribution in [1.29, 1.82) is 0 Å². The van der Waals surface area contributed by atoms with E-state index in [0.717, 1.165) is 0 Å². The first-order valence-corrected chi connectivity index (χ1v) is 6.20. The third-order valence-corrected chi connectivity index (χ3v) is 3.06. The van der Waals surface area contributed by atoms with Gasteiger partial charge >= 0.3 is 5.97 Å². The van der Waals surface area contributed by atoms with Gasteiger partial charge < -0.3 is 14.5 Å². The zero-order valence-electron chi connectivity index (χ0n) is 11.0. The van der Waals surface area contributed by atoms with Crippen molar-refractivity contribution < 1.29 is 19.1 Å². The van der Waals surface area contributed by atoms with Crippen molar-refractivity contribution in [1.82, 2.24) is 9.80 Å². The van der Waals surface area contributed by atoms with Crippen LogP contribution in [0.15, 0.2) is 0 Å². The van der Waals surface area contributed by atoms with Crippen molar-refractivity contribution in [2.24, 2.45) is 0 Å². The van der Waals surface area contributed by atoms with E-state index in [1.54, 1.807) is 9.80 Å². The van der Waals surface area contributed by atoms with E-state index in [1.165, 1.54) is 7.11 Å². The molecule has 102 valence electrons. The van der Waals surface area contributed by atoms with Crippen LogP contribution in [0.1, 0.15) is 26.2 Å². The quantitative estimate of drug-likeness (QED) is 0.665. The summed E-state index contributed by atoms with van der Waals surface area (Å²) in [7, 11) is 1.31. The topological polar surface area (TPSA) is 66.9 Å². The maximum absolute atomic E-state index is 11.8. The highest BCUT2D eigenvalue weighted by molar-refractivity contribution is 5.82. The summed E-state index contributed by atoms with van der Waals surface area (Å²) in [5.74, 6) is -0.302. The molecule has 1 heterocycles. The van der Waals surface area contributed by atoms with Crippen LogP contribution in [-0.2, 0) is 19.1 Å². The molecule has 6 nitrogen and oxygen atoms in total. The maximum atomic E-state index is 11.8. The lowest BCUT2D eigenvalue weighted by Gasteiger charge is -2.34. The first-order valence-electron chi connectivity index (χ1n) is 6.20. The van der Waals surface area contributed by atoms with E-state index >= 15 is 0 Å². The standard InChI is InChI=1S/C12H20N2O4/c1-3-10(15)13-6-8-14(9-7-13)11(16)4-5-12(17)18-2/h3-9H2,1-2H3. The predicted octanol–water partition coefficient (Wildman–Crippen LogP) is 0.0204. The molecule has 0 aromatic heterocycles. The van der Waals surface area contributed by atoms with Gasteiger partial charge in [0.2, 0.25) is 11.8 Å². The van der Waals surface area contributed by atoms with Gasteiger partial charge in [0.25, 0.3) is 0 Å². The molecule has 0 spiro atoms. The van der Waals surface area contributed by atoms with Gasteiger partial charge in [0, 0.05) is 39.0 Å². The Kier molecular flexibility index (Phi) is 5.61. The molecule has 0 unspecified atom stereocenters. The predicted molar refractivity (Wildman–Crippen MR) is 64.7 cm³/mol. The molecule has 0 aliphatic carbocycles. The minimum Gasteiger partial charge on any atom is -0.469 e. The fourth-order valence-electron chi connectivity index (χ4n) is 1.90. The maximum Gasteiger partial charge on any atom is 0.306 e. The van der Waals surface area contributed by atoms with E-state index in [9.17, 15) is 14.4 Å². The van der Waals surface area contributed by atoms with E-state index in [2.05, 4.69) is 4.74 Å². The third-order valence-electron chi connectivity index (χ3n) is 3.06. The molecule has 1 aliphatic heterocycles. The minimum atomic E-state index is -0.372. The molecule has 0 radical (unpaired) electrons. The van der Waals surface area contributed by atoms with E-state index in [4.69, 9.17) is 0 Å². The highest BCUT2D eigenvalue weighted by Gasteiger charge is 2.23. The normalized spacial score (nSPS) is 15.4. The Hall–Kier alpha value is -1.59. The number of hydrogen-bond acceptors (Lipinski definition) is 4. The summed E-state index contributed by atoms with van der Waals surface area (Å²) in [5.41, 5.74) is 0. The van der Waals surface area contributed by atoms with Crippen LogP contribution in [0.3, 0.4) is 0 Å². The summed E-state index contributed by atoms with van der Waals surface area (Å²) in [4.78, 5) is 37.6. The van der Waals surface area contributed by atoms with Gasteiger partial charge in [0.05, 0.1) is 13.5 Å². The highest BCUT2D eigenvalue weighted by atomic mass is 16.5. The van der Waals surface area contributed by atoms with Gasteiger partial charge in [-0.15, -0.1) is 0 Å². The van der Waals surface area contributed by atoms with Gasteiger partial charge in [-0.05, 0) is 0 Å². The number of methoxy groups -OCH3 is 1. The van der Waals surface area contributed by atoms with Gasteiger partial charge in [0.15, 0.2) is 0 Å². The third kappa shape index (κ3) is 4.01. The van der Waals surface area contributed by atoms with E-state index in [1.807, 2.05) is 6.92 Å². The second kappa shape index (κ2) is 6.98. The largest absolute Gasteiger partial charge is 0.469 e. The van der Waals surface area contributed by atoms with Crippen molar-refractivity contribution in [3.05, 3.63) is 0 Å². The Labute approximate surface area is 107 Å². The average Bonchev–Trinajstić information content (AvgIpc) is 2.43. The van der Waals surface area contributed by atoms with Crippen molar-refractivity contribution in [3.63, 3.8) is 0 Å². The molecule has 0 aromatic carbocycles. The number of piperazine rings is 1. The molecule has 0 saturated carbocycles. The van der Waals surface area contributed by atoms with Crippen LogP contribution in [0.4, 0.5) is 0 Å². The molecular formula is C12H20N2O4. The van der Waals surface area contributed by atoms with Crippen molar-refractivity contribution in [3.8, 4) is 0 Å². The zero-order chi connectivity index (χ0) is 13.5. The van der Waals surface area contributed by atoms with Crippen LogP contribution >= 0.6 is 0 Å². The molecule has 2 amide bonds. The highest BCUT2D eigenvalue weighted by Crippen LogP contribution is 2.06. The number of ether oxygens (including phenoxy) is 1. The monoisotopic (exact) mass is 256 g/mol. The molecule has 1 rings (SSSR count). The van der Waals surface area contributed by atoms with Crippen LogP contribution in [0, 0.1) is 0 Å². The Morgan fingerprint density at radius 1 is 0.944 bits per heavy atom. The van der Waals surface area contributed by atoms with Crippen LogP contribution in [0.25, 0.3) is 0 Å². The second-order valence-corrected chi connectivity index (χ2v) is 4.19. The first kappa shape index (κ1) is 14.5. The van der Waals surface area contributed by atoms with Crippen molar-refractivity contribution >= 4 is 17.8 Å². The summed E-state index contributed by atoms with van der Waals surface area (Å²) < 4.78 is 4.49. The summed E-state index contributed by atoms with van der Waals surface area (Å²) in [5, 5.41) is 0. The molecule has 0 aromatic rings. The van der Waals surface area contributed by atoms with E-state index < -0.39 is 0 Å². The fourth-order valence-corrected chi connectivity index (χ4v) is 1.90. The number of carbonyl (C=O) groups is 3. The summed E-state index contributed by atoms with van der Waals surface area (Å²) in [6, 6.07) is 0. The van der Waals surface area contributed by atoms with Crippen LogP contribution in [0.2, 0.25) is 0 Å². The number of rotatable bonds is 4. The van der Waals surface area contributed by atoms with Gasteiger partial charge in [-0.2, -0.15) is 0 Å². The Balaban J connectivity index is 2.31. The minimum absolute atomic E-state index is 0.0519. The Morgan fingerprint density at radius 3 is 1.89 bits per heavy atom. The number of hydrogen-bond donors (Lipinski definition) is 0. The Bertz CT molecular complexity index is 322. The summed E-state index contributed by atoms with van der Waals surface area (Å²) in [6.45, 7) is 4.08. The van der Waals surface area contributed by atoms with Gasteiger partial charge in [-0.25, -0.2) is 0 Å². The number of carbonyl (C=O) groups excluding carboxylic acids is 3. The molecular weight excluding hydrogens is 236 g/mol. The van der Waals surface area contributed by atoms with Gasteiger partial charge in [-0.1, -0.05) is 6.92 Å². The summed E-state index contributed by atoms with van der Waals surface area (Å²) in [6.07, 6.45) is 0.786. The van der Waals surface area contributed by atoms with Gasteiger partial charge in [0.1, 0.15) is 0 Å². The number of esters is 1. The van der Waals surface area contributed by atoms with Crippen LogP contribution in [-0.4, -0.2) is 60.9 Å². The fraction of sp³-hybridized carbons (Fsp3) is 0.750. The average molecular weight is 256 g/mol. The molecule has 18 heavy (non-hydrogen) atoms. The second-order valence-electron chi connectivity index (χ2n) is 4.19. The lowest BCUT2D eigenvalue weighted by Crippen LogP contribution is -2.50. The number of nitrogens with zero attached hydrogens (tertiary/aromatic N) is 2. The van der Waals surface area contributed by atoms with E-state index in [0.29, 0.717) is 32.6 Å².